The molecule has 0 heterocycles. The largest absolute Gasteiger partial charge is 0.480 e. The second-order valence-corrected chi connectivity index (χ2v) is 5.23. The van der Waals surface area contributed by atoms with Gasteiger partial charge in [-0.25, -0.2) is 0 Å². The minimum atomic E-state index is -0.939. The van der Waals surface area contributed by atoms with Crippen LogP contribution in [0.4, 0.5) is 0 Å². The van der Waals surface area contributed by atoms with Crippen LogP contribution in [-0.2, 0) is 11.2 Å². The lowest BCUT2D eigenvalue weighted by Crippen LogP contribution is -2.32. The number of hydrogen-bond donors (Lipinski definition) is 2. The first-order valence-electron chi connectivity index (χ1n) is 6.74. The molecule has 0 radical (unpaired) electrons. The molecule has 1 atom stereocenters. The van der Waals surface area contributed by atoms with Gasteiger partial charge in [0.2, 0.25) is 0 Å². The Labute approximate surface area is 120 Å². The number of rotatable bonds is 4. The summed E-state index contributed by atoms with van der Waals surface area (Å²) >= 11 is 0. The minimum absolute atomic E-state index is 0. The molecule has 1 fully saturated rings. The van der Waals surface area contributed by atoms with Gasteiger partial charge in [-0.1, -0.05) is 43.5 Å². The number of carboxylic acids is 1. The lowest BCUT2D eigenvalue weighted by Gasteiger charge is -2.22. The average molecular weight is 284 g/mol. The van der Waals surface area contributed by atoms with Crippen molar-refractivity contribution in [3.8, 4) is 0 Å². The van der Waals surface area contributed by atoms with E-state index in [1.165, 1.54) is 37.7 Å². The fraction of sp³-hybridized carbons (Fsp3) is 0.533. The SMILES string of the molecule is Cl.NC(Cc1ccc(C2CCCCC2)cc1)C(=O)O. The predicted molar refractivity (Wildman–Crippen MR) is 78.8 cm³/mol. The lowest BCUT2D eigenvalue weighted by molar-refractivity contribution is -0.138. The Morgan fingerprint density at radius 3 is 2.32 bits per heavy atom. The van der Waals surface area contributed by atoms with Gasteiger partial charge >= 0.3 is 5.97 Å². The Morgan fingerprint density at radius 2 is 1.79 bits per heavy atom. The Hall–Kier alpha value is -1.06. The first-order valence-corrected chi connectivity index (χ1v) is 6.74. The molecule has 19 heavy (non-hydrogen) atoms. The van der Waals surface area contributed by atoms with Gasteiger partial charge in [-0.3, -0.25) is 4.79 Å². The third kappa shape index (κ3) is 4.51. The maximum Gasteiger partial charge on any atom is 0.320 e. The van der Waals surface area contributed by atoms with E-state index in [-0.39, 0.29) is 12.4 Å². The first-order chi connectivity index (χ1) is 8.66. The van der Waals surface area contributed by atoms with Crippen LogP contribution in [-0.4, -0.2) is 17.1 Å². The van der Waals surface area contributed by atoms with Gasteiger partial charge in [-0.2, -0.15) is 0 Å². The second kappa shape index (κ2) is 7.51. The molecule has 1 aliphatic carbocycles. The summed E-state index contributed by atoms with van der Waals surface area (Å²) in [5, 5.41) is 8.78. The Bertz CT molecular complexity index is 399. The van der Waals surface area contributed by atoms with Gasteiger partial charge in [0.15, 0.2) is 0 Å². The van der Waals surface area contributed by atoms with Crippen molar-refractivity contribution in [2.75, 3.05) is 0 Å². The normalized spacial score (nSPS) is 17.5. The average Bonchev–Trinajstić information content (AvgIpc) is 2.40. The van der Waals surface area contributed by atoms with Gasteiger partial charge < -0.3 is 10.8 Å². The molecule has 0 amide bonds. The van der Waals surface area contributed by atoms with E-state index in [4.69, 9.17) is 10.8 Å². The summed E-state index contributed by atoms with van der Waals surface area (Å²) in [5.74, 6) is -0.243. The van der Waals surface area contributed by atoms with Gasteiger partial charge in [0.05, 0.1) is 0 Å². The van der Waals surface area contributed by atoms with E-state index in [1.54, 1.807) is 0 Å². The maximum atomic E-state index is 10.7. The number of halogens is 1. The molecule has 0 spiro atoms. The van der Waals surface area contributed by atoms with Crippen LogP contribution in [0.25, 0.3) is 0 Å². The van der Waals surface area contributed by atoms with E-state index in [9.17, 15) is 4.79 Å². The molecule has 4 heteroatoms. The van der Waals surface area contributed by atoms with E-state index in [2.05, 4.69) is 12.1 Å². The molecule has 106 valence electrons. The Morgan fingerprint density at radius 1 is 1.21 bits per heavy atom. The number of hydrogen-bond acceptors (Lipinski definition) is 2. The van der Waals surface area contributed by atoms with Crippen LogP contribution in [0.1, 0.15) is 49.1 Å². The second-order valence-electron chi connectivity index (χ2n) is 5.23. The topological polar surface area (TPSA) is 63.3 Å². The van der Waals surface area contributed by atoms with E-state index >= 15 is 0 Å². The van der Waals surface area contributed by atoms with E-state index in [1.807, 2.05) is 12.1 Å². The highest BCUT2D eigenvalue weighted by atomic mass is 35.5. The minimum Gasteiger partial charge on any atom is -0.480 e. The van der Waals surface area contributed by atoms with Crippen molar-refractivity contribution in [1.82, 2.24) is 0 Å². The van der Waals surface area contributed by atoms with Gasteiger partial charge in [-0.15, -0.1) is 12.4 Å². The van der Waals surface area contributed by atoms with Crippen LogP contribution in [0.15, 0.2) is 24.3 Å². The van der Waals surface area contributed by atoms with Crippen LogP contribution in [0.2, 0.25) is 0 Å². The van der Waals surface area contributed by atoms with Crippen LogP contribution in [0.3, 0.4) is 0 Å². The standard InChI is InChI=1S/C15H21NO2.ClH/c16-14(15(17)18)10-11-6-8-13(9-7-11)12-4-2-1-3-5-12;/h6-9,12,14H,1-5,10,16H2,(H,17,18);1H. The fourth-order valence-electron chi connectivity index (χ4n) is 2.70. The highest BCUT2D eigenvalue weighted by Crippen LogP contribution is 2.32. The molecule has 0 aromatic heterocycles. The third-order valence-corrected chi connectivity index (χ3v) is 3.83. The van der Waals surface area contributed by atoms with Crippen LogP contribution in [0.5, 0.6) is 0 Å². The van der Waals surface area contributed by atoms with E-state index in [0.717, 1.165) is 5.56 Å². The van der Waals surface area contributed by atoms with Gasteiger partial charge in [0, 0.05) is 0 Å². The molecule has 1 aromatic rings. The molecule has 2 rings (SSSR count). The number of carboxylic acid groups (broad SMARTS) is 1. The quantitative estimate of drug-likeness (QED) is 0.892. The Balaban J connectivity index is 0.00000180. The molecule has 0 bridgehead atoms. The number of carbonyl (C=O) groups is 1. The molecule has 1 unspecified atom stereocenters. The van der Waals surface area contributed by atoms with Gasteiger partial charge in [-0.05, 0) is 36.3 Å². The van der Waals surface area contributed by atoms with Gasteiger partial charge in [0.25, 0.3) is 0 Å². The Kier molecular flexibility index (Phi) is 6.32. The highest BCUT2D eigenvalue weighted by Gasteiger charge is 2.16. The van der Waals surface area contributed by atoms with Crippen molar-refractivity contribution in [2.45, 2.75) is 50.5 Å². The maximum absolute atomic E-state index is 10.7. The highest BCUT2D eigenvalue weighted by molar-refractivity contribution is 5.85. The summed E-state index contributed by atoms with van der Waals surface area (Å²) in [6.45, 7) is 0. The van der Waals surface area contributed by atoms with Crippen LogP contribution in [0, 0.1) is 0 Å². The molecule has 0 aliphatic heterocycles. The van der Waals surface area contributed by atoms with Crippen molar-refractivity contribution in [2.24, 2.45) is 5.73 Å². The lowest BCUT2D eigenvalue weighted by atomic mass is 9.84. The fourth-order valence-corrected chi connectivity index (χ4v) is 2.70. The van der Waals surface area contributed by atoms with Crippen molar-refractivity contribution in [1.29, 1.82) is 0 Å². The zero-order valence-corrected chi connectivity index (χ0v) is 11.9. The summed E-state index contributed by atoms with van der Waals surface area (Å²) in [4.78, 5) is 10.7. The smallest absolute Gasteiger partial charge is 0.320 e. The molecule has 3 nitrogen and oxygen atoms in total. The zero-order valence-electron chi connectivity index (χ0n) is 11.0. The summed E-state index contributed by atoms with van der Waals surface area (Å²) in [5.41, 5.74) is 7.93. The molecular formula is C15H22ClNO2. The van der Waals surface area contributed by atoms with Crippen LogP contribution < -0.4 is 5.73 Å². The molecule has 0 saturated heterocycles. The molecule has 1 aromatic carbocycles. The summed E-state index contributed by atoms with van der Waals surface area (Å²) < 4.78 is 0. The number of aliphatic carboxylic acids is 1. The predicted octanol–water partition coefficient (Wildman–Crippen LogP) is 3.11. The van der Waals surface area contributed by atoms with Crippen molar-refractivity contribution in [3.63, 3.8) is 0 Å². The van der Waals surface area contributed by atoms with E-state index in [0.29, 0.717) is 12.3 Å². The van der Waals surface area contributed by atoms with Crippen molar-refractivity contribution in [3.05, 3.63) is 35.4 Å². The van der Waals surface area contributed by atoms with Crippen molar-refractivity contribution < 1.29 is 9.90 Å². The zero-order chi connectivity index (χ0) is 13.0. The third-order valence-electron chi connectivity index (χ3n) is 3.83. The summed E-state index contributed by atoms with van der Waals surface area (Å²) in [6.07, 6.45) is 7.00. The number of benzene rings is 1. The molecule has 1 saturated carbocycles. The molecule has 3 N–H and O–H groups in total. The van der Waals surface area contributed by atoms with E-state index < -0.39 is 12.0 Å². The van der Waals surface area contributed by atoms with Crippen molar-refractivity contribution >= 4 is 18.4 Å². The summed E-state index contributed by atoms with van der Waals surface area (Å²) in [6, 6.07) is 7.52. The molecular weight excluding hydrogens is 262 g/mol. The summed E-state index contributed by atoms with van der Waals surface area (Å²) in [7, 11) is 0. The van der Waals surface area contributed by atoms with Gasteiger partial charge in [0.1, 0.15) is 6.04 Å². The monoisotopic (exact) mass is 283 g/mol. The number of nitrogens with two attached hydrogens (primary N) is 1. The molecule has 1 aliphatic rings. The first kappa shape index (κ1) is 16.0. The van der Waals surface area contributed by atoms with Crippen LogP contribution >= 0.6 is 12.4 Å².